The van der Waals surface area contributed by atoms with Crippen LogP contribution in [0.25, 0.3) is 0 Å². The van der Waals surface area contributed by atoms with E-state index < -0.39 is 0 Å². The average molecular weight is 313 g/mol. The van der Waals surface area contributed by atoms with Crippen molar-refractivity contribution in [2.45, 2.75) is 23.6 Å². The molecule has 0 spiro atoms. The fourth-order valence-electron chi connectivity index (χ4n) is 2.15. The van der Waals surface area contributed by atoms with Crippen LogP contribution in [-0.2, 0) is 11.3 Å². The van der Waals surface area contributed by atoms with Crippen LogP contribution < -0.4 is 10.6 Å². The third kappa shape index (κ3) is 3.12. The second-order valence-electron chi connectivity index (χ2n) is 5.00. The molecule has 2 N–H and O–H groups in total. The second-order valence-corrected chi connectivity index (χ2v) is 6.38. The van der Waals surface area contributed by atoms with E-state index in [9.17, 15) is 9.59 Å². The number of nitrogens with one attached hydrogen (secondary N) is 2. The Morgan fingerprint density at radius 1 is 1.32 bits per heavy atom. The number of nitrogens with zero attached hydrogens (tertiary/aromatic N) is 1. The summed E-state index contributed by atoms with van der Waals surface area (Å²) in [5.74, 6) is -0.136. The summed E-state index contributed by atoms with van der Waals surface area (Å²) in [6, 6.07) is 9.17. The van der Waals surface area contributed by atoms with E-state index in [2.05, 4.69) is 15.6 Å². The van der Waals surface area contributed by atoms with E-state index in [0.717, 1.165) is 16.1 Å². The number of amides is 2. The molecule has 2 amide bonds. The molecule has 2 aromatic rings. The van der Waals surface area contributed by atoms with Gasteiger partial charge in [-0.25, -0.2) is 0 Å². The van der Waals surface area contributed by atoms with Gasteiger partial charge in [0.25, 0.3) is 5.91 Å². The molecule has 1 aromatic heterocycles. The average Bonchev–Trinajstić information content (AvgIpc) is 2.54. The van der Waals surface area contributed by atoms with Crippen molar-refractivity contribution in [1.82, 2.24) is 10.3 Å². The smallest absolute Gasteiger partial charge is 0.251 e. The Balaban J connectivity index is 1.68. The Morgan fingerprint density at radius 2 is 2.09 bits per heavy atom. The quantitative estimate of drug-likeness (QED) is 0.913. The van der Waals surface area contributed by atoms with Crippen molar-refractivity contribution >= 4 is 29.3 Å². The zero-order valence-corrected chi connectivity index (χ0v) is 12.8. The predicted molar refractivity (Wildman–Crippen MR) is 85.8 cm³/mol. The van der Waals surface area contributed by atoms with Crippen LogP contribution in [0.5, 0.6) is 0 Å². The molecule has 1 aliphatic heterocycles. The van der Waals surface area contributed by atoms with Gasteiger partial charge in [0.2, 0.25) is 5.91 Å². The lowest BCUT2D eigenvalue weighted by Crippen LogP contribution is -2.27. The number of thioether (sulfide) groups is 1. The molecule has 1 atom stereocenters. The standard InChI is InChI=1S/C16H15N3O2S/c1-10-15(20)19-13-8-11(2-3-14(13)22-10)9-18-16(21)12-4-6-17-7-5-12/h2-8,10H,9H2,1H3,(H,18,21)(H,19,20). The Kier molecular flexibility index (Phi) is 4.11. The maximum absolute atomic E-state index is 12.0. The van der Waals surface area contributed by atoms with E-state index in [4.69, 9.17) is 0 Å². The summed E-state index contributed by atoms with van der Waals surface area (Å²) in [5.41, 5.74) is 2.33. The van der Waals surface area contributed by atoms with Crippen LogP contribution in [0.3, 0.4) is 0 Å². The summed E-state index contributed by atoms with van der Waals surface area (Å²) in [6.45, 7) is 2.29. The van der Waals surface area contributed by atoms with E-state index in [-0.39, 0.29) is 17.1 Å². The molecule has 0 aliphatic carbocycles. The molecule has 5 nitrogen and oxygen atoms in total. The summed E-state index contributed by atoms with van der Waals surface area (Å²) in [6.07, 6.45) is 3.17. The van der Waals surface area contributed by atoms with Gasteiger partial charge in [0.05, 0.1) is 10.9 Å². The number of carbonyl (C=O) groups excluding carboxylic acids is 2. The van der Waals surface area contributed by atoms with Crippen molar-refractivity contribution in [3.05, 3.63) is 53.9 Å². The molecule has 1 aromatic carbocycles. The van der Waals surface area contributed by atoms with Crippen molar-refractivity contribution < 1.29 is 9.59 Å². The number of hydrogen-bond acceptors (Lipinski definition) is 4. The fraction of sp³-hybridized carbons (Fsp3) is 0.188. The van der Waals surface area contributed by atoms with Gasteiger partial charge in [0.15, 0.2) is 0 Å². The van der Waals surface area contributed by atoms with Crippen LogP contribution in [-0.4, -0.2) is 22.0 Å². The minimum Gasteiger partial charge on any atom is -0.348 e. The van der Waals surface area contributed by atoms with Crippen molar-refractivity contribution in [3.8, 4) is 0 Å². The number of benzene rings is 1. The van der Waals surface area contributed by atoms with Gasteiger partial charge >= 0.3 is 0 Å². The Morgan fingerprint density at radius 3 is 2.86 bits per heavy atom. The molecule has 0 radical (unpaired) electrons. The first-order valence-electron chi connectivity index (χ1n) is 6.92. The van der Waals surface area contributed by atoms with Gasteiger partial charge in [0.1, 0.15) is 0 Å². The molecule has 1 unspecified atom stereocenters. The number of hydrogen-bond donors (Lipinski definition) is 2. The van der Waals surface area contributed by atoms with Gasteiger partial charge in [-0.05, 0) is 36.8 Å². The second kappa shape index (κ2) is 6.19. The summed E-state index contributed by atoms with van der Waals surface area (Å²) in [4.78, 5) is 28.6. The van der Waals surface area contributed by atoms with E-state index in [1.807, 2.05) is 25.1 Å². The number of fused-ring (bicyclic) bond motifs is 1. The van der Waals surface area contributed by atoms with Gasteiger partial charge in [-0.1, -0.05) is 6.07 Å². The molecule has 112 valence electrons. The Hall–Kier alpha value is -2.34. The van der Waals surface area contributed by atoms with Crippen LogP contribution in [0.1, 0.15) is 22.8 Å². The molecule has 0 saturated carbocycles. The first-order valence-corrected chi connectivity index (χ1v) is 7.80. The van der Waals surface area contributed by atoms with Crippen LogP contribution in [0.2, 0.25) is 0 Å². The first-order chi connectivity index (χ1) is 10.6. The van der Waals surface area contributed by atoms with Crippen molar-refractivity contribution in [2.24, 2.45) is 0 Å². The van der Waals surface area contributed by atoms with E-state index in [1.54, 1.807) is 36.3 Å². The predicted octanol–water partition coefficient (Wildman–Crippen LogP) is 2.44. The van der Waals surface area contributed by atoms with Crippen molar-refractivity contribution in [2.75, 3.05) is 5.32 Å². The molecule has 1 aliphatic rings. The lowest BCUT2D eigenvalue weighted by molar-refractivity contribution is -0.115. The molecule has 2 heterocycles. The highest BCUT2D eigenvalue weighted by molar-refractivity contribution is 8.00. The zero-order chi connectivity index (χ0) is 15.5. The van der Waals surface area contributed by atoms with Gasteiger partial charge in [-0.15, -0.1) is 11.8 Å². The van der Waals surface area contributed by atoms with E-state index in [0.29, 0.717) is 12.1 Å². The maximum atomic E-state index is 12.0. The van der Waals surface area contributed by atoms with E-state index >= 15 is 0 Å². The molecular formula is C16H15N3O2S. The number of carbonyl (C=O) groups is 2. The molecular weight excluding hydrogens is 298 g/mol. The lowest BCUT2D eigenvalue weighted by Gasteiger charge is -2.22. The Labute approximate surface area is 132 Å². The van der Waals surface area contributed by atoms with Crippen LogP contribution in [0, 0.1) is 0 Å². The van der Waals surface area contributed by atoms with Gasteiger partial charge in [-0.2, -0.15) is 0 Å². The zero-order valence-electron chi connectivity index (χ0n) is 12.0. The van der Waals surface area contributed by atoms with Crippen LogP contribution in [0.15, 0.2) is 47.6 Å². The fourth-order valence-corrected chi connectivity index (χ4v) is 3.08. The monoisotopic (exact) mass is 313 g/mol. The molecule has 0 bridgehead atoms. The van der Waals surface area contributed by atoms with Gasteiger partial charge < -0.3 is 10.6 Å². The SMILES string of the molecule is CC1Sc2ccc(CNC(=O)c3ccncc3)cc2NC1=O. The summed E-state index contributed by atoms with van der Waals surface area (Å²) in [7, 11) is 0. The highest BCUT2D eigenvalue weighted by atomic mass is 32.2. The minimum absolute atomic E-state index is 0.00970. The van der Waals surface area contributed by atoms with E-state index in [1.165, 1.54) is 0 Å². The number of rotatable bonds is 3. The largest absolute Gasteiger partial charge is 0.348 e. The molecule has 0 saturated heterocycles. The highest BCUT2D eigenvalue weighted by Gasteiger charge is 2.22. The summed E-state index contributed by atoms with van der Waals surface area (Å²) >= 11 is 1.54. The molecule has 0 fully saturated rings. The molecule has 3 rings (SSSR count). The van der Waals surface area contributed by atoms with Crippen LogP contribution >= 0.6 is 11.8 Å². The number of anilines is 1. The third-order valence-corrected chi connectivity index (χ3v) is 4.55. The van der Waals surface area contributed by atoms with Gasteiger partial charge in [0, 0.05) is 29.4 Å². The maximum Gasteiger partial charge on any atom is 0.251 e. The first kappa shape index (κ1) is 14.6. The highest BCUT2D eigenvalue weighted by Crippen LogP contribution is 2.35. The van der Waals surface area contributed by atoms with Gasteiger partial charge in [-0.3, -0.25) is 14.6 Å². The Bertz CT molecular complexity index is 719. The van der Waals surface area contributed by atoms with Crippen molar-refractivity contribution in [3.63, 3.8) is 0 Å². The normalized spacial score (nSPS) is 16.6. The summed E-state index contributed by atoms with van der Waals surface area (Å²) < 4.78 is 0. The molecule has 6 heteroatoms. The lowest BCUT2D eigenvalue weighted by atomic mass is 10.1. The minimum atomic E-state index is -0.146. The molecule has 22 heavy (non-hydrogen) atoms. The summed E-state index contributed by atoms with van der Waals surface area (Å²) in [5, 5.41) is 5.67. The van der Waals surface area contributed by atoms with Crippen molar-refractivity contribution in [1.29, 1.82) is 0 Å². The number of aromatic nitrogens is 1. The topological polar surface area (TPSA) is 71.1 Å². The third-order valence-electron chi connectivity index (χ3n) is 3.37. The van der Waals surface area contributed by atoms with Crippen LogP contribution in [0.4, 0.5) is 5.69 Å². The number of pyridine rings is 1.